The van der Waals surface area contributed by atoms with Crippen LogP contribution in [0.15, 0.2) is 48.1 Å². The van der Waals surface area contributed by atoms with Gasteiger partial charge < -0.3 is 15.1 Å². The third kappa shape index (κ3) is 5.44. The minimum Gasteiger partial charge on any atom is -0.478 e. The van der Waals surface area contributed by atoms with Crippen LogP contribution in [0, 0.1) is 5.92 Å². The van der Waals surface area contributed by atoms with Crippen molar-refractivity contribution in [2.75, 3.05) is 19.0 Å². The number of allylic oxidation sites excluding steroid dienone is 2. The minimum atomic E-state index is -0.977. The summed E-state index contributed by atoms with van der Waals surface area (Å²) in [6, 6.07) is 7.75. The zero-order chi connectivity index (χ0) is 16.0. The van der Waals surface area contributed by atoms with E-state index in [0.717, 1.165) is 22.9 Å². The van der Waals surface area contributed by atoms with Crippen LogP contribution in [0.4, 0.5) is 5.69 Å². The van der Waals surface area contributed by atoms with E-state index in [4.69, 9.17) is 5.11 Å². The normalized spacial score (nSPS) is 15.0. The number of carboxylic acid groups (broad SMARTS) is 1. The second-order valence-electron chi connectivity index (χ2n) is 5.37. The van der Waals surface area contributed by atoms with Gasteiger partial charge in [-0.25, -0.2) is 4.79 Å². The molecule has 0 amide bonds. The van der Waals surface area contributed by atoms with Gasteiger partial charge in [0.1, 0.15) is 0 Å². The van der Waals surface area contributed by atoms with Crippen LogP contribution in [-0.2, 0) is 4.79 Å². The lowest BCUT2D eigenvalue weighted by Gasteiger charge is -2.18. The summed E-state index contributed by atoms with van der Waals surface area (Å²) < 4.78 is 0. The van der Waals surface area contributed by atoms with Crippen molar-refractivity contribution in [2.24, 2.45) is 5.92 Å². The van der Waals surface area contributed by atoms with Crippen LogP contribution >= 0.6 is 0 Å². The van der Waals surface area contributed by atoms with Crippen molar-refractivity contribution < 1.29 is 15.0 Å². The molecule has 0 aromatic heterocycles. The first-order valence-electron chi connectivity index (χ1n) is 6.86. The zero-order valence-electron chi connectivity index (χ0n) is 12.9. The molecule has 0 saturated heterocycles. The van der Waals surface area contributed by atoms with E-state index in [0.29, 0.717) is 0 Å². The van der Waals surface area contributed by atoms with Crippen molar-refractivity contribution in [1.29, 1.82) is 0 Å². The summed E-state index contributed by atoms with van der Waals surface area (Å²) in [6.07, 6.45) is 3.87. The maximum atomic E-state index is 10.5. The summed E-state index contributed by atoms with van der Waals surface area (Å²) >= 11 is 0. The second kappa shape index (κ2) is 7.64. The lowest BCUT2D eigenvalue weighted by molar-refractivity contribution is -0.131. The highest BCUT2D eigenvalue weighted by atomic mass is 16.4. The Hall–Kier alpha value is -2.07. The summed E-state index contributed by atoms with van der Waals surface area (Å²) in [5.74, 6) is -1.08. The predicted octanol–water partition coefficient (Wildman–Crippen LogP) is 3.01. The van der Waals surface area contributed by atoms with Crippen molar-refractivity contribution in [3.05, 3.63) is 53.6 Å². The molecule has 0 aliphatic rings. The van der Waals surface area contributed by atoms with Crippen LogP contribution in [0.3, 0.4) is 0 Å². The van der Waals surface area contributed by atoms with Crippen LogP contribution < -0.4 is 4.90 Å². The molecule has 0 heterocycles. The minimum absolute atomic E-state index is 0.103. The molecule has 1 rings (SSSR count). The number of aliphatic hydroxyl groups excluding tert-OH is 1. The van der Waals surface area contributed by atoms with Gasteiger partial charge in [0, 0.05) is 31.8 Å². The van der Waals surface area contributed by atoms with E-state index in [-0.39, 0.29) is 5.92 Å². The molecule has 4 nitrogen and oxygen atoms in total. The molecule has 4 heteroatoms. The fraction of sp³-hybridized carbons (Fsp3) is 0.353. The number of carboxylic acids is 1. The van der Waals surface area contributed by atoms with Gasteiger partial charge in [0.15, 0.2) is 0 Å². The topological polar surface area (TPSA) is 60.8 Å². The number of aliphatic carboxylic acids is 1. The molecule has 0 radical (unpaired) electrons. The Morgan fingerprint density at radius 1 is 1.19 bits per heavy atom. The average molecular weight is 289 g/mol. The molecule has 2 unspecified atom stereocenters. The highest BCUT2D eigenvalue weighted by Gasteiger charge is 2.14. The zero-order valence-corrected chi connectivity index (χ0v) is 12.9. The molecule has 2 N–H and O–H groups in total. The number of rotatable bonds is 6. The first-order valence-corrected chi connectivity index (χ1v) is 6.86. The number of hydrogen-bond acceptors (Lipinski definition) is 3. The molecule has 1 aromatic rings. The van der Waals surface area contributed by atoms with E-state index in [2.05, 4.69) is 0 Å². The van der Waals surface area contributed by atoms with Gasteiger partial charge in [-0.05, 0) is 24.6 Å². The molecule has 21 heavy (non-hydrogen) atoms. The molecule has 0 bridgehead atoms. The van der Waals surface area contributed by atoms with Gasteiger partial charge in [-0.15, -0.1) is 0 Å². The molecule has 0 fully saturated rings. The lowest BCUT2D eigenvalue weighted by Crippen LogP contribution is -2.10. The predicted molar refractivity (Wildman–Crippen MR) is 85.4 cm³/mol. The first-order chi connectivity index (χ1) is 9.81. The lowest BCUT2D eigenvalue weighted by atomic mass is 9.95. The highest BCUT2D eigenvalue weighted by Crippen LogP contribution is 2.25. The van der Waals surface area contributed by atoms with Crippen LogP contribution in [0.1, 0.15) is 25.5 Å². The number of benzene rings is 1. The highest BCUT2D eigenvalue weighted by molar-refractivity contribution is 5.80. The van der Waals surface area contributed by atoms with Crippen molar-refractivity contribution in [3.8, 4) is 0 Å². The summed E-state index contributed by atoms with van der Waals surface area (Å²) in [4.78, 5) is 12.5. The Bertz CT molecular complexity index is 529. The first kappa shape index (κ1) is 17.0. The van der Waals surface area contributed by atoms with Gasteiger partial charge >= 0.3 is 5.97 Å². The Morgan fingerprint density at radius 3 is 2.24 bits per heavy atom. The van der Waals surface area contributed by atoms with Gasteiger partial charge in [-0.3, -0.25) is 0 Å². The summed E-state index contributed by atoms with van der Waals surface area (Å²) in [5.41, 5.74) is 2.74. The third-order valence-electron chi connectivity index (χ3n) is 3.26. The number of anilines is 1. The maximum absolute atomic E-state index is 10.5. The van der Waals surface area contributed by atoms with E-state index in [1.807, 2.05) is 63.2 Å². The molecule has 0 aliphatic carbocycles. The molecule has 0 spiro atoms. The quantitative estimate of drug-likeness (QED) is 0.624. The van der Waals surface area contributed by atoms with Crippen LogP contribution in [0.2, 0.25) is 0 Å². The van der Waals surface area contributed by atoms with Crippen molar-refractivity contribution in [1.82, 2.24) is 0 Å². The van der Waals surface area contributed by atoms with Gasteiger partial charge in [0.05, 0.1) is 6.10 Å². The molecule has 0 saturated carbocycles. The third-order valence-corrected chi connectivity index (χ3v) is 3.26. The Morgan fingerprint density at radius 2 is 1.76 bits per heavy atom. The van der Waals surface area contributed by atoms with Crippen LogP contribution in [0.25, 0.3) is 0 Å². The number of aliphatic hydroxyl groups is 1. The maximum Gasteiger partial charge on any atom is 0.328 e. The van der Waals surface area contributed by atoms with Gasteiger partial charge in [-0.2, -0.15) is 0 Å². The average Bonchev–Trinajstić information content (AvgIpc) is 2.44. The van der Waals surface area contributed by atoms with Gasteiger partial charge in [-0.1, -0.05) is 36.8 Å². The SMILES string of the molecule is CC(C=CC(=O)O)=CC(C)C(O)c1ccc(N(C)C)cc1. The molecule has 114 valence electrons. The monoisotopic (exact) mass is 289 g/mol. The van der Waals surface area contributed by atoms with E-state index in [1.165, 1.54) is 6.08 Å². The van der Waals surface area contributed by atoms with E-state index in [9.17, 15) is 9.90 Å². The standard InChI is InChI=1S/C17H23NO3/c1-12(5-10-16(19)20)11-13(2)17(21)14-6-8-15(9-7-14)18(3)4/h5-11,13,17,21H,1-4H3,(H,19,20). The van der Waals surface area contributed by atoms with E-state index < -0.39 is 12.1 Å². The number of carbonyl (C=O) groups is 1. The van der Waals surface area contributed by atoms with E-state index in [1.54, 1.807) is 0 Å². The van der Waals surface area contributed by atoms with Crippen LogP contribution in [-0.4, -0.2) is 30.3 Å². The molecular weight excluding hydrogens is 266 g/mol. The molecular formula is C17H23NO3. The Kier molecular flexibility index (Phi) is 6.18. The van der Waals surface area contributed by atoms with Crippen molar-refractivity contribution >= 4 is 11.7 Å². The van der Waals surface area contributed by atoms with E-state index >= 15 is 0 Å². The second-order valence-corrected chi connectivity index (χ2v) is 5.37. The summed E-state index contributed by atoms with van der Waals surface area (Å²) in [6.45, 7) is 3.72. The largest absolute Gasteiger partial charge is 0.478 e. The van der Waals surface area contributed by atoms with Crippen molar-refractivity contribution in [2.45, 2.75) is 20.0 Å². The summed E-state index contributed by atoms with van der Waals surface area (Å²) in [5, 5.41) is 18.9. The molecule has 2 atom stereocenters. The number of hydrogen-bond donors (Lipinski definition) is 2. The van der Waals surface area contributed by atoms with Crippen molar-refractivity contribution in [3.63, 3.8) is 0 Å². The fourth-order valence-electron chi connectivity index (χ4n) is 2.04. The Balaban J connectivity index is 2.80. The smallest absolute Gasteiger partial charge is 0.328 e. The molecule has 0 aliphatic heterocycles. The number of nitrogens with zero attached hydrogens (tertiary/aromatic N) is 1. The van der Waals surface area contributed by atoms with Crippen LogP contribution in [0.5, 0.6) is 0 Å². The Labute approximate surface area is 126 Å². The fourth-order valence-corrected chi connectivity index (χ4v) is 2.04. The van der Waals surface area contributed by atoms with Gasteiger partial charge in [0.2, 0.25) is 0 Å². The summed E-state index contributed by atoms with van der Waals surface area (Å²) in [7, 11) is 3.93. The van der Waals surface area contributed by atoms with Gasteiger partial charge in [0.25, 0.3) is 0 Å². The molecule has 1 aromatic carbocycles.